The standard InChI is InChI=1S/C12H19N3O/c1-5-16-15-10-7-12(3,4)6-9-11(10)8(2)13-14-9/h5-7H2,1-4H3,(H,13,14)/b15-10-. The summed E-state index contributed by atoms with van der Waals surface area (Å²) in [6.07, 6.45) is 1.94. The minimum absolute atomic E-state index is 0.213. The average Bonchev–Trinajstić information content (AvgIpc) is 2.55. The summed E-state index contributed by atoms with van der Waals surface area (Å²) in [7, 11) is 0. The van der Waals surface area contributed by atoms with E-state index in [1.807, 2.05) is 13.8 Å². The summed E-state index contributed by atoms with van der Waals surface area (Å²) in [4.78, 5) is 5.19. The molecule has 4 nitrogen and oxygen atoms in total. The number of aromatic nitrogens is 2. The lowest BCUT2D eigenvalue weighted by molar-refractivity contribution is 0.156. The monoisotopic (exact) mass is 221 g/mol. The molecular weight excluding hydrogens is 202 g/mol. The number of aryl methyl sites for hydroxylation is 1. The van der Waals surface area contributed by atoms with Gasteiger partial charge in [0.2, 0.25) is 0 Å². The molecule has 0 amide bonds. The lowest BCUT2D eigenvalue weighted by atomic mass is 9.75. The fourth-order valence-corrected chi connectivity index (χ4v) is 2.27. The van der Waals surface area contributed by atoms with Crippen molar-refractivity contribution >= 4 is 5.71 Å². The third-order valence-corrected chi connectivity index (χ3v) is 2.91. The van der Waals surface area contributed by atoms with Gasteiger partial charge in [0.1, 0.15) is 6.61 Å². The average molecular weight is 221 g/mol. The summed E-state index contributed by atoms with van der Waals surface area (Å²) in [6, 6.07) is 0. The van der Waals surface area contributed by atoms with Crippen LogP contribution in [0, 0.1) is 12.3 Å². The fourth-order valence-electron chi connectivity index (χ4n) is 2.27. The summed E-state index contributed by atoms with van der Waals surface area (Å²) in [6.45, 7) is 9.06. The largest absolute Gasteiger partial charge is 0.396 e. The van der Waals surface area contributed by atoms with E-state index in [9.17, 15) is 0 Å². The van der Waals surface area contributed by atoms with Crippen molar-refractivity contribution in [3.05, 3.63) is 17.0 Å². The predicted octanol–water partition coefficient (Wildman–Crippen LogP) is 2.43. The van der Waals surface area contributed by atoms with Crippen LogP contribution in [0.2, 0.25) is 0 Å². The third-order valence-electron chi connectivity index (χ3n) is 2.91. The maximum absolute atomic E-state index is 5.19. The minimum Gasteiger partial charge on any atom is -0.396 e. The van der Waals surface area contributed by atoms with E-state index < -0.39 is 0 Å². The highest BCUT2D eigenvalue weighted by Crippen LogP contribution is 2.35. The van der Waals surface area contributed by atoms with Gasteiger partial charge in [0.25, 0.3) is 0 Å². The summed E-state index contributed by atoms with van der Waals surface area (Å²) >= 11 is 0. The van der Waals surface area contributed by atoms with E-state index in [0.717, 1.165) is 35.5 Å². The van der Waals surface area contributed by atoms with Crippen LogP contribution in [-0.2, 0) is 11.3 Å². The van der Waals surface area contributed by atoms with Crippen molar-refractivity contribution in [1.29, 1.82) is 0 Å². The Balaban J connectivity index is 2.42. The minimum atomic E-state index is 0.213. The Hall–Kier alpha value is -1.32. The number of hydrogen-bond acceptors (Lipinski definition) is 3. The summed E-state index contributed by atoms with van der Waals surface area (Å²) in [5.74, 6) is 0. The van der Waals surface area contributed by atoms with E-state index in [2.05, 4.69) is 29.2 Å². The quantitative estimate of drug-likeness (QED) is 0.780. The van der Waals surface area contributed by atoms with Crippen LogP contribution in [-0.4, -0.2) is 22.5 Å². The van der Waals surface area contributed by atoms with Gasteiger partial charge < -0.3 is 4.84 Å². The molecule has 4 heteroatoms. The zero-order chi connectivity index (χ0) is 11.8. The van der Waals surface area contributed by atoms with Crippen molar-refractivity contribution < 1.29 is 4.84 Å². The van der Waals surface area contributed by atoms with Gasteiger partial charge in [0.05, 0.1) is 11.4 Å². The van der Waals surface area contributed by atoms with E-state index in [-0.39, 0.29) is 5.41 Å². The van der Waals surface area contributed by atoms with Gasteiger partial charge in [-0.3, -0.25) is 5.10 Å². The number of oxime groups is 1. The molecule has 0 radical (unpaired) electrons. The Bertz CT molecular complexity index is 418. The number of H-pyrrole nitrogens is 1. The van der Waals surface area contributed by atoms with Crippen molar-refractivity contribution in [2.45, 2.75) is 40.5 Å². The van der Waals surface area contributed by atoms with Crippen molar-refractivity contribution in [2.24, 2.45) is 10.6 Å². The molecule has 1 aromatic heterocycles. The van der Waals surface area contributed by atoms with E-state index in [4.69, 9.17) is 4.84 Å². The van der Waals surface area contributed by atoms with Crippen LogP contribution < -0.4 is 0 Å². The molecule has 0 unspecified atom stereocenters. The highest BCUT2D eigenvalue weighted by Gasteiger charge is 2.33. The molecule has 0 spiro atoms. The molecule has 1 aromatic rings. The summed E-state index contributed by atoms with van der Waals surface area (Å²) in [5.41, 5.74) is 4.60. The van der Waals surface area contributed by atoms with Gasteiger partial charge in [0, 0.05) is 11.3 Å². The second-order valence-electron chi connectivity index (χ2n) is 5.14. The topological polar surface area (TPSA) is 50.3 Å². The molecule has 0 fully saturated rings. The second kappa shape index (κ2) is 3.92. The van der Waals surface area contributed by atoms with Crippen molar-refractivity contribution in [3.63, 3.8) is 0 Å². The Morgan fingerprint density at radius 2 is 2.19 bits per heavy atom. The number of nitrogens with one attached hydrogen (secondary N) is 1. The van der Waals surface area contributed by atoms with Gasteiger partial charge in [-0.25, -0.2) is 0 Å². The van der Waals surface area contributed by atoms with Gasteiger partial charge in [-0.2, -0.15) is 5.10 Å². The molecular formula is C12H19N3O. The molecule has 0 saturated carbocycles. The molecule has 2 rings (SSSR count). The molecule has 1 heterocycles. The fraction of sp³-hybridized carbons (Fsp3) is 0.667. The van der Waals surface area contributed by atoms with E-state index in [0.29, 0.717) is 6.61 Å². The molecule has 1 aliphatic carbocycles. The van der Waals surface area contributed by atoms with Crippen molar-refractivity contribution in [2.75, 3.05) is 6.61 Å². The lowest BCUT2D eigenvalue weighted by Crippen LogP contribution is -2.27. The normalized spacial score (nSPS) is 20.9. The highest BCUT2D eigenvalue weighted by atomic mass is 16.6. The number of hydrogen-bond donors (Lipinski definition) is 1. The Kier molecular flexibility index (Phi) is 2.74. The Morgan fingerprint density at radius 3 is 2.88 bits per heavy atom. The van der Waals surface area contributed by atoms with Gasteiger partial charge in [-0.05, 0) is 32.1 Å². The molecule has 0 saturated heterocycles. The number of aromatic amines is 1. The molecule has 0 aromatic carbocycles. The molecule has 16 heavy (non-hydrogen) atoms. The van der Waals surface area contributed by atoms with Crippen LogP contribution in [0.25, 0.3) is 0 Å². The first-order chi connectivity index (χ1) is 7.53. The lowest BCUT2D eigenvalue weighted by Gasteiger charge is -2.29. The van der Waals surface area contributed by atoms with Crippen LogP contribution >= 0.6 is 0 Å². The van der Waals surface area contributed by atoms with E-state index in [1.54, 1.807) is 0 Å². The second-order valence-corrected chi connectivity index (χ2v) is 5.14. The number of rotatable bonds is 2. The zero-order valence-corrected chi connectivity index (χ0v) is 10.4. The Morgan fingerprint density at radius 1 is 1.44 bits per heavy atom. The van der Waals surface area contributed by atoms with Crippen LogP contribution in [0.4, 0.5) is 0 Å². The van der Waals surface area contributed by atoms with Crippen molar-refractivity contribution in [1.82, 2.24) is 10.2 Å². The van der Waals surface area contributed by atoms with Crippen LogP contribution in [0.5, 0.6) is 0 Å². The van der Waals surface area contributed by atoms with Gasteiger partial charge in [-0.1, -0.05) is 19.0 Å². The third kappa shape index (κ3) is 1.96. The molecule has 0 bridgehead atoms. The predicted molar refractivity (Wildman–Crippen MR) is 63.6 cm³/mol. The van der Waals surface area contributed by atoms with Crippen LogP contribution in [0.1, 0.15) is 44.1 Å². The molecule has 1 aliphatic rings. The molecule has 88 valence electrons. The van der Waals surface area contributed by atoms with Crippen molar-refractivity contribution in [3.8, 4) is 0 Å². The number of nitrogens with zero attached hydrogens (tertiary/aromatic N) is 2. The van der Waals surface area contributed by atoms with Gasteiger partial charge in [0.15, 0.2) is 0 Å². The zero-order valence-electron chi connectivity index (χ0n) is 10.4. The highest BCUT2D eigenvalue weighted by molar-refractivity contribution is 6.03. The number of fused-ring (bicyclic) bond motifs is 1. The van der Waals surface area contributed by atoms with Crippen LogP contribution in [0.3, 0.4) is 0 Å². The maximum Gasteiger partial charge on any atom is 0.114 e. The van der Waals surface area contributed by atoms with Crippen LogP contribution in [0.15, 0.2) is 5.16 Å². The van der Waals surface area contributed by atoms with Gasteiger partial charge in [-0.15, -0.1) is 0 Å². The van der Waals surface area contributed by atoms with E-state index in [1.165, 1.54) is 0 Å². The van der Waals surface area contributed by atoms with E-state index >= 15 is 0 Å². The molecule has 0 aliphatic heterocycles. The first kappa shape index (κ1) is 11.2. The molecule has 1 N–H and O–H groups in total. The first-order valence-electron chi connectivity index (χ1n) is 5.76. The first-order valence-corrected chi connectivity index (χ1v) is 5.76. The summed E-state index contributed by atoms with van der Waals surface area (Å²) in [5, 5.41) is 11.6. The Labute approximate surface area is 96.1 Å². The van der Waals surface area contributed by atoms with Gasteiger partial charge >= 0.3 is 0 Å². The SMILES string of the molecule is CCO/N=C1/CC(C)(C)Cc2n[nH]c(C)c21. The maximum atomic E-state index is 5.19. The smallest absolute Gasteiger partial charge is 0.114 e. The summed E-state index contributed by atoms with van der Waals surface area (Å²) < 4.78 is 0. The molecule has 0 atom stereocenters.